The first-order valence-electron chi connectivity index (χ1n) is 12.5. The molecule has 8 nitrogen and oxygen atoms in total. The van der Waals surface area contributed by atoms with Crippen LogP contribution in [0.25, 0.3) is 0 Å². The fourth-order valence-electron chi connectivity index (χ4n) is 4.18. The molecule has 0 unspecified atom stereocenters. The van der Waals surface area contributed by atoms with Crippen LogP contribution >= 0.6 is 11.6 Å². The maximum atomic E-state index is 14.0. The lowest BCUT2D eigenvalue weighted by Gasteiger charge is -2.34. The minimum Gasteiger partial charge on any atom is -0.487 e. The number of nitriles is 1. The largest absolute Gasteiger partial charge is 0.487 e. The standard InChI is InChI=1S/C29H27ClFN7O/c1-37-12-14-38(15-13-37)24-10-8-22(9-11-24)35-29-33-18-25(30)28(36-29)34-23-7-6-20(17-32)27(16-23)39-19-21-4-2-3-5-26(21)31/h2-11,16,18H,12-15,19H2,1H3,(H2,33,34,35,36). The summed E-state index contributed by atoms with van der Waals surface area (Å²) in [6.07, 6.45) is 1.51. The number of rotatable bonds is 8. The van der Waals surface area contributed by atoms with Crippen molar-refractivity contribution in [2.45, 2.75) is 6.61 Å². The average Bonchev–Trinajstić information content (AvgIpc) is 2.95. The molecule has 1 aliphatic heterocycles. The van der Waals surface area contributed by atoms with Crippen LogP contribution in [0.1, 0.15) is 11.1 Å². The van der Waals surface area contributed by atoms with Crippen LogP contribution < -0.4 is 20.3 Å². The van der Waals surface area contributed by atoms with Gasteiger partial charge in [-0.2, -0.15) is 10.2 Å². The van der Waals surface area contributed by atoms with Crippen molar-refractivity contribution in [1.29, 1.82) is 5.26 Å². The van der Waals surface area contributed by atoms with Crippen molar-refractivity contribution in [3.05, 3.63) is 94.9 Å². The zero-order valence-electron chi connectivity index (χ0n) is 21.4. The first kappa shape index (κ1) is 26.2. The molecule has 0 radical (unpaired) electrons. The van der Waals surface area contributed by atoms with E-state index in [4.69, 9.17) is 16.3 Å². The molecule has 0 atom stereocenters. The number of likely N-dealkylation sites (N-methyl/N-ethyl adjacent to an activating group) is 1. The van der Waals surface area contributed by atoms with E-state index in [0.717, 1.165) is 31.9 Å². The Morgan fingerprint density at radius 2 is 1.74 bits per heavy atom. The molecule has 2 heterocycles. The van der Waals surface area contributed by atoms with Crippen LogP contribution in [0.3, 0.4) is 0 Å². The summed E-state index contributed by atoms with van der Waals surface area (Å²) in [7, 11) is 2.14. The van der Waals surface area contributed by atoms with Gasteiger partial charge in [0.05, 0.1) is 11.8 Å². The summed E-state index contributed by atoms with van der Waals surface area (Å²) in [5.74, 6) is 0.702. The molecule has 39 heavy (non-hydrogen) atoms. The Kier molecular flexibility index (Phi) is 8.06. The number of aromatic nitrogens is 2. The Hall–Kier alpha value is -4.39. The van der Waals surface area contributed by atoms with Gasteiger partial charge in [0.1, 0.15) is 29.3 Å². The fourth-order valence-corrected chi connectivity index (χ4v) is 4.32. The summed E-state index contributed by atoms with van der Waals surface area (Å²) >= 11 is 6.37. The lowest BCUT2D eigenvalue weighted by molar-refractivity contribution is 0.299. The lowest BCUT2D eigenvalue weighted by atomic mass is 10.2. The summed E-state index contributed by atoms with van der Waals surface area (Å²) in [6.45, 7) is 4.09. The molecule has 0 spiro atoms. The van der Waals surface area contributed by atoms with Crippen molar-refractivity contribution >= 4 is 40.4 Å². The van der Waals surface area contributed by atoms with Gasteiger partial charge in [-0.25, -0.2) is 9.37 Å². The quantitative estimate of drug-likeness (QED) is 0.281. The number of anilines is 5. The first-order valence-corrected chi connectivity index (χ1v) is 12.9. The van der Waals surface area contributed by atoms with E-state index in [9.17, 15) is 9.65 Å². The predicted molar refractivity (Wildman–Crippen MR) is 152 cm³/mol. The van der Waals surface area contributed by atoms with Gasteiger partial charge in [-0.05, 0) is 49.5 Å². The highest BCUT2D eigenvalue weighted by atomic mass is 35.5. The van der Waals surface area contributed by atoms with Crippen LogP contribution in [0.15, 0.2) is 72.9 Å². The van der Waals surface area contributed by atoms with Gasteiger partial charge in [0, 0.05) is 54.9 Å². The van der Waals surface area contributed by atoms with Gasteiger partial charge < -0.3 is 25.2 Å². The van der Waals surface area contributed by atoms with E-state index >= 15 is 0 Å². The molecule has 0 bridgehead atoms. The minimum absolute atomic E-state index is 0.0132. The van der Waals surface area contributed by atoms with E-state index < -0.39 is 0 Å². The monoisotopic (exact) mass is 543 g/mol. The second-order valence-electron chi connectivity index (χ2n) is 9.18. The van der Waals surface area contributed by atoms with Crippen LogP contribution in [0, 0.1) is 17.1 Å². The van der Waals surface area contributed by atoms with Crippen molar-refractivity contribution < 1.29 is 9.13 Å². The van der Waals surface area contributed by atoms with Crippen LogP contribution in [0.4, 0.5) is 33.2 Å². The van der Waals surface area contributed by atoms with E-state index in [0.29, 0.717) is 39.4 Å². The fraction of sp³-hybridized carbons (Fsp3) is 0.207. The summed E-state index contributed by atoms with van der Waals surface area (Å²) in [4.78, 5) is 13.5. The van der Waals surface area contributed by atoms with E-state index in [1.807, 2.05) is 12.1 Å². The second kappa shape index (κ2) is 12.0. The Labute approximate surface area is 231 Å². The van der Waals surface area contributed by atoms with Crippen LogP contribution in [-0.2, 0) is 6.61 Å². The van der Waals surface area contributed by atoms with E-state index in [1.165, 1.54) is 18.0 Å². The van der Waals surface area contributed by atoms with Crippen molar-refractivity contribution in [1.82, 2.24) is 14.9 Å². The van der Waals surface area contributed by atoms with E-state index in [-0.39, 0.29) is 12.4 Å². The van der Waals surface area contributed by atoms with E-state index in [2.05, 4.69) is 55.7 Å². The molecular formula is C29H27ClFN7O. The highest BCUT2D eigenvalue weighted by molar-refractivity contribution is 6.32. The summed E-state index contributed by atoms with van der Waals surface area (Å²) in [5, 5.41) is 16.2. The molecular weight excluding hydrogens is 517 g/mol. The van der Waals surface area contributed by atoms with Crippen molar-refractivity contribution in [2.24, 2.45) is 0 Å². The number of benzene rings is 3. The van der Waals surface area contributed by atoms with Crippen LogP contribution in [-0.4, -0.2) is 48.1 Å². The molecule has 3 aromatic carbocycles. The van der Waals surface area contributed by atoms with Crippen LogP contribution in [0.5, 0.6) is 5.75 Å². The minimum atomic E-state index is -0.368. The Morgan fingerprint density at radius 3 is 2.49 bits per heavy atom. The van der Waals surface area contributed by atoms with E-state index in [1.54, 1.807) is 36.4 Å². The molecule has 5 rings (SSSR count). The molecule has 0 amide bonds. The number of halogens is 2. The second-order valence-corrected chi connectivity index (χ2v) is 9.59. The third-order valence-electron chi connectivity index (χ3n) is 6.44. The van der Waals surface area contributed by atoms with Gasteiger partial charge in [0.15, 0.2) is 5.82 Å². The third kappa shape index (κ3) is 6.55. The van der Waals surface area contributed by atoms with Crippen LogP contribution in [0.2, 0.25) is 5.02 Å². The molecule has 4 aromatic rings. The van der Waals surface area contributed by atoms with Gasteiger partial charge in [-0.1, -0.05) is 29.8 Å². The molecule has 1 fully saturated rings. The highest BCUT2D eigenvalue weighted by Gasteiger charge is 2.15. The van der Waals surface area contributed by atoms with Gasteiger partial charge >= 0.3 is 0 Å². The predicted octanol–water partition coefficient (Wildman–Crippen LogP) is 5.96. The van der Waals surface area contributed by atoms with Crippen molar-refractivity contribution in [3.63, 3.8) is 0 Å². The molecule has 1 saturated heterocycles. The normalized spacial score (nSPS) is 13.5. The molecule has 1 aromatic heterocycles. The molecule has 0 saturated carbocycles. The van der Waals surface area contributed by atoms with Gasteiger partial charge in [-0.15, -0.1) is 0 Å². The molecule has 0 aliphatic carbocycles. The summed E-state index contributed by atoms with van der Waals surface area (Å²) in [5.41, 5.74) is 3.35. The zero-order valence-corrected chi connectivity index (χ0v) is 22.1. The topological polar surface area (TPSA) is 89.3 Å². The van der Waals surface area contributed by atoms with Crippen molar-refractivity contribution in [3.8, 4) is 11.8 Å². The zero-order chi connectivity index (χ0) is 27.2. The number of nitrogens with zero attached hydrogens (tertiary/aromatic N) is 5. The molecule has 2 N–H and O–H groups in total. The molecule has 10 heteroatoms. The van der Waals surface area contributed by atoms with Crippen molar-refractivity contribution in [2.75, 3.05) is 48.8 Å². The smallest absolute Gasteiger partial charge is 0.229 e. The summed E-state index contributed by atoms with van der Waals surface area (Å²) < 4.78 is 19.8. The number of ether oxygens (including phenoxy) is 1. The number of nitrogens with one attached hydrogen (secondary N) is 2. The third-order valence-corrected chi connectivity index (χ3v) is 6.72. The maximum absolute atomic E-state index is 14.0. The highest BCUT2D eigenvalue weighted by Crippen LogP contribution is 2.29. The molecule has 198 valence electrons. The average molecular weight is 544 g/mol. The Balaban J connectivity index is 1.28. The SMILES string of the molecule is CN1CCN(c2ccc(Nc3ncc(Cl)c(Nc4ccc(C#N)c(OCc5ccccc5F)c4)n3)cc2)CC1. The number of hydrogen-bond acceptors (Lipinski definition) is 8. The maximum Gasteiger partial charge on any atom is 0.229 e. The number of piperazine rings is 1. The molecule has 1 aliphatic rings. The summed E-state index contributed by atoms with van der Waals surface area (Å²) in [6, 6.07) is 21.6. The Morgan fingerprint density at radius 1 is 1.00 bits per heavy atom. The van der Waals surface area contributed by atoms with Gasteiger partial charge in [0.25, 0.3) is 0 Å². The van der Waals surface area contributed by atoms with Gasteiger partial charge in [-0.3, -0.25) is 0 Å². The lowest BCUT2D eigenvalue weighted by Crippen LogP contribution is -2.44. The Bertz CT molecular complexity index is 1480. The first-order chi connectivity index (χ1) is 19.0. The number of hydrogen-bond donors (Lipinski definition) is 2. The van der Waals surface area contributed by atoms with Gasteiger partial charge in [0.2, 0.25) is 5.95 Å².